The Balaban J connectivity index is 1.98. The van der Waals surface area contributed by atoms with Gasteiger partial charge in [0.05, 0.1) is 18.7 Å². The fourth-order valence-electron chi connectivity index (χ4n) is 6.44. The molecular weight excluding hydrogens is 771 g/mol. The van der Waals surface area contributed by atoms with Gasteiger partial charge in [-0.25, -0.2) is 13.6 Å². The van der Waals surface area contributed by atoms with Crippen molar-refractivity contribution in [1.29, 1.82) is 0 Å². The Morgan fingerprint density at radius 1 is 0.966 bits per heavy atom. The summed E-state index contributed by atoms with van der Waals surface area (Å²) in [6, 6.07) is 12.0. The number of carboxylic acids is 1. The summed E-state index contributed by atoms with van der Waals surface area (Å²) in [5.41, 5.74) is 6.50. The molecule has 0 aliphatic rings. The standard InChI is InChI=1S/C41H58F2N6O8Si/c1-41(2,3)37(34-22-28(30-23-29(42)12-13-31(30)43)25-48(34)24-27-10-8-7-9-11-27)49(35(51)26-50)19-16-33(47-40(56)57-20-21-58(4,5)6)39(55)46-18-17-45-32(38(44)54)14-15-36(52)53/h7-13,22-23,25,32-33,37,45,50H,14-21,24,26H2,1-6H3,(H2,44,54)(H,46,55)(H,47,56)(H,52,53). The molecule has 4 amide bonds. The highest BCUT2D eigenvalue weighted by molar-refractivity contribution is 6.76. The third-order valence-corrected chi connectivity index (χ3v) is 11.1. The first-order chi connectivity index (χ1) is 27.2. The second-order valence-corrected chi connectivity index (χ2v) is 22.1. The monoisotopic (exact) mass is 828 g/mol. The Morgan fingerprint density at radius 2 is 1.66 bits per heavy atom. The number of nitrogens with two attached hydrogens (primary N) is 1. The predicted octanol–water partition coefficient (Wildman–Crippen LogP) is 4.64. The summed E-state index contributed by atoms with van der Waals surface area (Å²) in [7, 11) is -1.57. The van der Waals surface area contributed by atoms with Crippen molar-refractivity contribution < 1.29 is 47.7 Å². The summed E-state index contributed by atoms with van der Waals surface area (Å²) in [5.74, 6) is -4.43. The second-order valence-electron chi connectivity index (χ2n) is 16.5. The van der Waals surface area contributed by atoms with Crippen LogP contribution < -0.4 is 21.7 Å². The molecule has 0 saturated heterocycles. The van der Waals surface area contributed by atoms with E-state index in [-0.39, 0.29) is 51.1 Å². The number of carboxylic acid groups (broad SMARTS) is 1. The first-order valence-corrected chi connectivity index (χ1v) is 23.0. The fourth-order valence-corrected chi connectivity index (χ4v) is 7.15. The molecule has 318 valence electrons. The van der Waals surface area contributed by atoms with Gasteiger partial charge in [-0.05, 0) is 54.1 Å². The number of alkyl carbamates (subject to hydrolysis) is 1. The van der Waals surface area contributed by atoms with Crippen LogP contribution in [0.1, 0.15) is 57.3 Å². The van der Waals surface area contributed by atoms with Crippen LogP contribution in [0.2, 0.25) is 25.7 Å². The third kappa shape index (κ3) is 15.0. The third-order valence-electron chi connectivity index (χ3n) is 9.39. The first kappa shape index (κ1) is 47.2. The lowest BCUT2D eigenvalue weighted by Crippen LogP contribution is -2.52. The molecule has 0 aliphatic carbocycles. The number of primary amides is 1. The van der Waals surface area contributed by atoms with E-state index in [0.29, 0.717) is 23.8 Å². The number of benzene rings is 2. The Kier molecular flexibility index (Phi) is 17.6. The highest BCUT2D eigenvalue weighted by Gasteiger charge is 2.38. The van der Waals surface area contributed by atoms with Gasteiger partial charge in [-0.1, -0.05) is 70.7 Å². The molecule has 0 bridgehead atoms. The largest absolute Gasteiger partial charge is 0.481 e. The molecule has 0 aliphatic heterocycles. The maximum Gasteiger partial charge on any atom is 0.407 e. The number of rotatable bonds is 22. The Labute approximate surface area is 339 Å². The molecule has 14 nitrogen and oxygen atoms in total. The van der Waals surface area contributed by atoms with Gasteiger partial charge in [0.25, 0.3) is 0 Å². The van der Waals surface area contributed by atoms with E-state index in [1.807, 2.05) is 55.7 Å². The summed E-state index contributed by atoms with van der Waals surface area (Å²) in [6.07, 6.45) is 0.367. The van der Waals surface area contributed by atoms with Crippen LogP contribution in [0.4, 0.5) is 13.6 Å². The van der Waals surface area contributed by atoms with Gasteiger partial charge in [0.15, 0.2) is 0 Å². The molecule has 0 spiro atoms. The fraction of sp³-hybridized carbons (Fsp3) is 0.488. The molecule has 2 aromatic carbocycles. The van der Waals surface area contributed by atoms with E-state index in [9.17, 15) is 33.5 Å². The summed E-state index contributed by atoms with van der Waals surface area (Å²) < 4.78 is 36.9. The lowest BCUT2D eigenvalue weighted by atomic mass is 9.82. The maximum absolute atomic E-state index is 15.2. The van der Waals surface area contributed by atoms with Crippen LogP contribution in [-0.2, 0) is 30.5 Å². The van der Waals surface area contributed by atoms with E-state index in [1.165, 1.54) is 4.90 Å². The van der Waals surface area contributed by atoms with Crippen LogP contribution in [0, 0.1) is 17.0 Å². The van der Waals surface area contributed by atoms with Gasteiger partial charge in [0, 0.05) is 63.7 Å². The normalized spacial score (nSPS) is 13.3. The number of aliphatic carboxylic acids is 1. The summed E-state index contributed by atoms with van der Waals surface area (Å²) in [5, 5.41) is 27.4. The van der Waals surface area contributed by atoms with Gasteiger partial charge in [0.2, 0.25) is 17.7 Å². The molecule has 3 atom stereocenters. The number of aliphatic hydroxyl groups excluding tert-OH is 1. The lowest BCUT2D eigenvalue weighted by Gasteiger charge is -2.41. The quantitative estimate of drug-likeness (QED) is 0.0616. The van der Waals surface area contributed by atoms with Gasteiger partial charge in [-0.15, -0.1) is 0 Å². The van der Waals surface area contributed by atoms with E-state index in [4.69, 9.17) is 15.6 Å². The zero-order chi connectivity index (χ0) is 43.2. The van der Waals surface area contributed by atoms with Gasteiger partial charge >= 0.3 is 12.1 Å². The number of aromatic nitrogens is 1. The second kappa shape index (κ2) is 21.6. The van der Waals surface area contributed by atoms with Gasteiger partial charge in [-0.3, -0.25) is 19.2 Å². The number of hydrogen-bond acceptors (Lipinski definition) is 8. The zero-order valence-electron chi connectivity index (χ0n) is 34.1. The van der Waals surface area contributed by atoms with Crippen LogP contribution in [0.3, 0.4) is 0 Å². The van der Waals surface area contributed by atoms with Gasteiger partial charge < -0.3 is 46.1 Å². The topological polar surface area (TPSA) is 205 Å². The molecule has 3 rings (SSSR count). The van der Waals surface area contributed by atoms with Crippen molar-refractivity contribution >= 4 is 37.9 Å². The molecule has 7 N–H and O–H groups in total. The van der Waals surface area contributed by atoms with Crippen LogP contribution in [0.15, 0.2) is 60.8 Å². The molecule has 3 unspecified atom stereocenters. The van der Waals surface area contributed by atoms with Gasteiger partial charge in [0.1, 0.15) is 24.3 Å². The maximum atomic E-state index is 15.2. The van der Waals surface area contributed by atoms with Crippen LogP contribution in [-0.4, -0.2) is 102 Å². The van der Waals surface area contributed by atoms with Crippen molar-refractivity contribution in [2.75, 3.05) is 32.8 Å². The van der Waals surface area contributed by atoms with Crippen molar-refractivity contribution in [3.05, 3.63) is 83.7 Å². The molecule has 58 heavy (non-hydrogen) atoms. The van der Waals surface area contributed by atoms with Crippen LogP contribution in [0.5, 0.6) is 0 Å². The van der Waals surface area contributed by atoms with Gasteiger partial charge in [-0.2, -0.15) is 0 Å². The van der Waals surface area contributed by atoms with E-state index in [0.717, 1.165) is 23.8 Å². The molecule has 17 heteroatoms. The minimum atomic E-state index is -1.57. The molecule has 0 fully saturated rings. The van der Waals surface area contributed by atoms with Crippen molar-refractivity contribution in [3.8, 4) is 11.1 Å². The number of nitrogens with zero attached hydrogens (tertiary/aromatic N) is 2. The smallest absolute Gasteiger partial charge is 0.407 e. The van der Waals surface area contributed by atoms with E-state index in [2.05, 4.69) is 35.6 Å². The van der Waals surface area contributed by atoms with Crippen LogP contribution in [0.25, 0.3) is 11.1 Å². The SMILES string of the molecule is CC(C)(C)C(c1cc(-c2cc(F)ccc2F)cn1Cc1ccccc1)N(CCC(NC(=O)OCC[Si](C)(C)C)C(=O)NCCNC(CCC(=O)O)C(N)=O)C(=O)CO. The van der Waals surface area contributed by atoms with Crippen molar-refractivity contribution in [2.24, 2.45) is 11.1 Å². The zero-order valence-corrected chi connectivity index (χ0v) is 35.1. The van der Waals surface area contributed by atoms with E-state index < -0.39 is 79.6 Å². The summed E-state index contributed by atoms with van der Waals surface area (Å²) in [4.78, 5) is 64.7. The van der Waals surface area contributed by atoms with Crippen molar-refractivity contribution in [3.63, 3.8) is 0 Å². The number of carbonyl (C=O) groups excluding carboxylic acids is 4. The lowest BCUT2D eigenvalue weighted by molar-refractivity contribution is -0.140. The summed E-state index contributed by atoms with van der Waals surface area (Å²) in [6.45, 7) is 11.4. The number of aliphatic hydroxyl groups is 1. The predicted molar refractivity (Wildman–Crippen MR) is 218 cm³/mol. The molecule has 3 aromatic rings. The first-order valence-electron chi connectivity index (χ1n) is 19.3. The Hall–Kier alpha value is -5.13. The minimum absolute atomic E-state index is 0.0212. The molecule has 1 heterocycles. The molecule has 1 aromatic heterocycles. The molecule has 0 saturated carbocycles. The molecular formula is C41H58F2N6O8Si. The van der Waals surface area contributed by atoms with E-state index >= 15 is 4.39 Å². The number of amides is 4. The number of ether oxygens (including phenoxy) is 1. The van der Waals surface area contributed by atoms with E-state index in [1.54, 1.807) is 12.3 Å². The highest BCUT2D eigenvalue weighted by atomic mass is 28.3. The van der Waals surface area contributed by atoms with Crippen molar-refractivity contribution in [1.82, 2.24) is 25.4 Å². The average molecular weight is 829 g/mol. The summed E-state index contributed by atoms with van der Waals surface area (Å²) >= 11 is 0. The number of halogens is 2. The number of hydrogen-bond donors (Lipinski definition) is 6. The Bertz CT molecular complexity index is 1860. The number of carbonyl (C=O) groups is 5. The van der Waals surface area contributed by atoms with Crippen molar-refractivity contribution in [2.45, 2.75) is 90.4 Å². The molecule has 0 radical (unpaired) electrons. The Morgan fingerprint density at radius 3 is 2.26 bits per heavy atom. The highest BCUT2D eigenvalue weighted by Crippen LogP contribution is 2.41. The average Bonchev–Trinajstić information content (AvgIpc) is 3.53. The minimum Gasteiger partial charge on any atom is -0.481 e. The number of nitrogens with one attached hydrogen (secondary N) is 3. The van der Waals surface area contributed by atoms with Crippen LogP contribution >= 0.6 is 0 Å².